The van der Waals surface area contributed by atoms with E-state index in [9.17, 15) is 0 Å². The zero-order chi connectivity index (χ0) is 23.6. The van der Waals surface area contributed by atoms with Crippen molar-refractivity contribution < 1.29 is 46.1 Å². The quantitative estimate of drug-likeness (QED) is 0.375. The van der Waals surface area contributed by atoms with Gasteiger partial charge in [0.25, 0.3) is 0 Å². The first-order valence-electron chi connectivity index (χ1n) is 12.2. The minimum Gasteiger partial charge on any atom is -1.00 e. The Kier molecular flexibility index (Phi) is 9.31. The molecule has 34 heavy (non-hydrogen) atoms. The van der Waals surface area contributed by atoms with Crippen LogP contribution >= 0.6 is 0 Å². The Morgan fingerprint density at radius 2 is 1.41 bits per heavy atom. The zero-order valence-corrected chi connectivity index (χ0v) is 28.6. The van der Waals surface area contributed by atoms with Crippen LogP contribution in [0.4, 0.5) is 0 Å². The van der Waals surface area contributed by atoms with E-state index in [2.05, 4.69) is 103 Å². The summed E-state index contributed by atoms with van der Waals surface area (Å²) in [6.07, 6.45) is 9.45. The molecule has 0 heterocycles. The Balaban J connectivity index is 0.00000204. The van der Waals surface area contributed by atoms with Crippen LogP contribution in [0.25, 0.3) is 11.1 Å². The molecule has 0 bridgehead atoms. The van der Waals surface area contributed by atoms with Crippen molar-refractivity contribution in [1.29, 1.82) is 0 Å². The van der Waals surface area contributed by atoms with Crippen LogP contribution in [0.2, 0.25) is 39.3 Å². The van der Waals surface area contributed by atoms with E-state index >= 15 is 0 Å². The number of hydrogen-bond donors (Lipinski definition) is 0. The van der Waals surface area contributed by atoms with Gasteiger partial charge >= 0.3 is 207 Å². The SMILES string of the molecule is C[C](C)=[Zr+2]([C]1=CC=CC1)[c]1c(C)c([Si](C)(C)C)cc2c1Cc1cc(C)c([Si](C)(C)C)cc1-2.[Cl-].[Cl-]. The van der Waals surface area contributed by atoms with Crippen LogP contribution in [0, 0.1) is 13.8 Å². The fourth-order valence-corrected chi connectivity index (χ4v) is 17.4. The maximum atomic E-state index is 2.64. The molecule has 0 nitrogen and oxygen atoms in total. The predicted molar refractivity (Wildman–Crippen MR) is 148 cm³/mol. The molecule has 4 rings (SSSR count). The normalized spacial score (nSPS) is 13.9. The van der Waals surface area contributed by atoms with Crippen molar-refractivity contribution in [1.82, 2.24) is 0 Å². The monoisotopic (exact) mass is 604 g/mol. The minimum absolute atomic E-state index is 0. The second-order valence-electron chi connectivity index (χ2n) is 12.2. The minimum atomic E-state index is -2.08. The average Bonchev–Trinajstić information content (AvgIpc) is 3.28. The molecule has 182 valence electrons. The van der Waals surface area contributed by atoms with Crippen molar-refractivity contribution in [2.45, 2.75) is 79.8 Å². The molecule has 2 aliphatic carbocycles. The summed E-state index contributed by atoms with van der Waals surface area (Å²) in [5, 5.41) is 3.33. The largest absolute Gasteiger partial charge is 1.00 e. The Labute approximate surface area is 230 Å². The first-order chi connectivity index (χ1) is 14.8. The number of rotatable bonds is 4. The van der Waals surface area contributed by atoms with Gasteiger partial charge in [-0.2, -0.15) is 0 Å². The standard InChI is InChI=1S/C21H29Si2.C5H5.C3H6.2ClH.Zr/c1-14-9-16-11-17-10-15(2)21(23(6,7)8)13-19(17)18(16)12-20(14)22(3,4)5;1-2-4-5-3-1;1-3-2;;;/h9,12-13H,11H2,1-8H3;1-3H,4H2;1-2H3;2*1H;/q;;;;;+2/p-2. The molecule has 2 aromatic carbocycles. The summed E-state index contributed by atoms with van der Waals surface area (Å²) in [6.45, 7) is 24.7. The summed E-state index contributed by atoms with van der Waals surface area (Å²) >= 11 is -2.08. The Morgan fingerprint density at radius 1 is 0.824 bits per heavy atom. The van der Waals surface area contributed by atoms with Gasteiger partial charge in [-0.3, -0.25) is 0 Å². The molecule has 0 spiro atoms. The van der Waals surface area contributed by atoms with Crippen LogP contribution in [0.5, 0.6) is 0 Å². The van der Waals surface area contributed by atoms with Crippen LogP contribution in [0.3, 0.4) is 0 Å². The Hall–Kier alpha value is -0.313. The van der Waals surface area contributed by atoms with Crippen LogP contribution in [-0.2, 0) is 27.7 Å². The number of fused-ring (bicyclic) bond motifs is 3. The number of hydrogen-bond acceptors (Lipinski definition) is 0. The summed E-state index contributed by atoms with van der Waals surface area (Å²) in [7, 11) is -2.84. The van der Waals surface area contributed by atoms with Crippen LogP contribution < -0.4 is 38.5 Å². The molecule has 0 amide bonds. The molecule has 0 radical (unpaired) electrons. The van der Waals surface area contributed by atoms with E-state index in [1.165, 1.54) is 12.0 Å². The molecule has 0 N–H and O–H groups in total. The van der Waals surface area contributed by atoms with E-state index in [4.69, 9.17) is 0 Å². The molecule has 0 aromatic heterocycles. The van der Waals surface area contributed by atoms with Crippen LogP contribution in [0.1, 0.15) is 42.5 Å². The summed E-state index contributed by atoms with van der Waals surface area (Å²) in [5.41, 5.74) is 9.57. The maximum absolute atomic E-state index is 2.64. The van der Waals surface area contributed by atoms with Crippen LogP contribution in [-0.4, -0.2) is 19.4 Å². The smallest absolute Gasteiger partial charge is 1.00 e. The second kappa shape index (κ2) is 10.6. The van der Waals surface area contributed by atoms with E-state index in [1.807, 2.05) is 3.27 Å². The molecule has 5 heteroatoms. The van der Waals surface area contributed by atoms with Gasteiger partial charge in [0, 0.05) is 0 Å². The number of allylic oxidation sites excluding steroid dienone is 4. The molecule has 0 saturated heterocycles. The van der Waals surface area contributed by atoms with Gasteiger partial charge in [0.2, 0.25) is 0 Å². The number of halogens is 2. The fourth-order valence-electron chi connectivity index (χ4n) is 5.90. The van der Waals surface area contributed by atoms with Crippen molar-refractivity contribution >= 4 is 33.0 Å². The number of aryl methyl sites for hydroxylation is 1. The fraction of sp³-hybridized carbons (Fsp3) is 0.414. The van der Waals surface area contributed by atoms with E-state index in [1.54, 1.807) is 44.7 Å². The van der Waals surface area contributed by atoms with Crippen LogP contribution in [0.15, 0.2) is 39.7 Å². The van der Waals surface area contributed by atoms with E-state index < -0.39 is 37.4 Å². The van der Waals surface area contributed by atoms with Gasteiger partial charge in [0.15, 0.2) is 0 Å². The van der Waals surface area contributed by atoms with Gasteiger partial charge in [-0.1, -0.05) is 0 Å². The first-order valence-corrected chi connectivity index (χ1v) is 22.8. The van der Waals surface area contributed by atoms with Crippen molar-refractivity contribution in [3.05, 3.63) is 62.0 Å². The van der Waals surface area contributed by atoms with Crippen molar-refractivity contribution in [3.8, 4) is 11.1 Å². The first kappa shape index (κ1) is 29.9. The number of benzene rings is 2. The molecule has 0 fully saturated rings. The third-order valence-corrected chi connectivity index (χ3v) is 19.4. The third kappa shape index (κ3) is 5.35. The van der Waals surface area contributed by atoms with Crippen molar-refractivity contribution in [2.24, 2.45) is 0 Å². The van der Waals surface area contributed by atoms with Crippen molar-refractivity contribution in [2.75, 3.05) is 0 Å². The third-order valence-electron chi connectivity index (χ3n) is 7.26. The zero-order valence-electron chi connectivity index (χ0n) is 22.6. The average molecular weight is 607 g/mol. The molecule has 0 unspecified atom stereocenters. The van der Waals surface area contributed by atoms with Gasteiger partial charge in [-0.15, -0.1) is 0 Å². The summed E-state index contributed by atoms with van der Waals surface area (Å²) in [6, 6.07) is 7.79. The molecular formula is C29H40Cl2Si2Zr. The van der Waals surface area contributed by atoms with Gasteiger partial charge in [-0.25, -0.2) is 0 Å². The molecule has 2 aromatic rings. The van der Waals surface area contributed by atoms with Gasteiger partial charge in [0.1, 0.15) is 0 Å². The van der Waals surface area contributed by atoms with E-state index in [-0.39, 0.29) is 24.8 Å². The topological polar surface area (TPSA) is 0 Å². The Bertz CT molecular complexity index is 1220. The van der Waals surface area contributed by atoms with Crippen molar-refractivity contribution in [3.63, 3.8) is 0 Å². The maximum Gasteiger partial charge on any atom is -1.00 e. The van der Waals surface area contributed by atoms with E-state index in [0.29, 0.717) is 0 Å². The molecular weight excluding hydrogens is 567 g/mol. The van der Waals surface area contributed by atoms with E-state index in [0.717, 1.165) is 6.42 Å². The molecule has 0 aliphatic heterocycles. The molecule has 0 saturated carbocycles. The van der Waals surface area contributed by atoms with Gasteiger partial charge < -0.3 is 24.8 Å². The van der Waals surface area contributed by atoms with Gasteiger partial charge in [0.05, 0.1) is 0 Å². The van der Waals surface area contributed by atoms with Gasteiger partial charge in [-0.05, 0) is 0 Å². The molecule has 0 atom stereocenters. The summed E-state index contributed by atoms with van der Waals surface area (Å²) in [5.74, 6) is 0. The Morgan fingerprint density at radius 3 is 1.91 bits per heavy atom. The molecule has 2 aliphatic rings. The second-order valence-corrected chi connectivity index (χ2v) is 29.3. The predicted octanol–water partition coefficient (Wildman–Crippen LogP) is 0.273. The summed E-state index contributed by atoms with van der Waals surface area (Å²) < 4.78 is 5.30. The summed E-state index contributed by atoms with van der Waals surface area (Å²) in [4.78, 5) is 0.